The van der Waals surface area contributed by atoms with E-state index in [4.69, 9.17) is 4.74 Å². The summed E-state index contributed by atoms with van der Waals surface area (Å²) in [5.41, 5.74) is 2.07. The predicted octanol–water partition coefficient (Wildman–Crippen LogP) is 4.93. The maximum Gasteiger partial charge on any atom is 0.335 e. The number of aryl methyl sites for hydroxylation is 1. The fraction of sp³-hybridized carbons (Fsp3) is 0.192. The lowest BCUT2D eigenvalue weighted by Crippen LogP contribution is -2.51. The molecule has 4 N–H and O–H groups in total. The molecule has 2 aromatic heterocycles. The molecule has 3 amide bonds. The number of carbonyl (C=O) groups excluding carboxylic acids is 2. The SMILES string of the molecule is COc1ccc(N(C)C(=O)[C@H](CCc2ccccc2)NC(=O)NS(O)(O)n2ccc3ccncc32)cc1.[HH].[HH]. The molecule has 0 saturated heterocycles. The molecule has 2 heterocycles. The van der Waals surface area contributed by atoms with Gasteiger partial charge in [0, 0.05) is 33.4 Å². The minimum Gasteiger partial charge on any atom is -0.497 e. The highest BCUT2D eigenvalue weighted by atomic mass is 32.3. The van der Waals surface area contributed by atoms with Crippen molar-refractivity contribution in [3.05, 3.63) is 90.9 Å². The fourth-order valence-corrected chi connectivity index (χ4v) is 4.98. The van der Waals surface area contributed by atoms with Crippen LogP contribution in [0.4, 0.5) is 10.5 Å². The molecule has 0 aliphatic carbocycles. The molecule has 4 rings (SSSR count). The van der Waals surface area contributed by atoms with Crippen molar-refractivity contribution in [3.8, 4) is 5.75 Å². The van der Waals surface area contributed by atoms with Crippen molar-refractivity contribution in [2.45, 2.75) is 18.9 Å². The summed E-state index contributed by atoms with van der Waals surface area (Å²) in [6.45, 7) is 0. The molecule has 37 heavy (non-hydrogen) atoms. The minimum absolute atomic E-state index is 0. The molecule has 198 valence electrons. The third-order valence-electron chi connectivity index (χ3n) is 5.92. The molecule has 1 atom stereocenters. The molecule has 0 saturated carbocycles. The summed E-state index contributed by atoms with van der Waals surface area (Å²) >= 11 is 0. The number of ether oxygens (including phenoxy) is 1. The van der Waals surface area contributed by atoms with Gasteiger partial charge in [-0.1, -0.05) is 30.3 Å². The van der Waals surface area contributed by atoms with Crippen molar-refractivity contribution in [2.75, 3.05) is 19.1 Å². The number of amides is 3. The molecule has 0 bridgehead atoms. The molecule has 2 aromatic carbocycles. The molecule has 0 radical (unpaired) electrons. The summed E-state index contributed by atoms with van der Waals surface area (Å²) in [5, 5.41) is 3.36. The summed E-state index contributed by atoms with van der Waals surface area (Å²) in [5.74, 6) is 0.295. The summed E-state index contributed by atoms with van der Waals surface area (Å²) in [4.78, 5) is 31.8. The van der Waals surface area contributed by atoms with E-state index >= 15 is 0 Å². The van der Waals surface area contributed by atoms with Crippen LogP contribution in [0.2, 0.25) is 0 Å². The zero-order valence-corrected chi connectivity index (χ0v) is 21.3. The Bertz CT molecular complexity index is 1370. The number of nitrogens with zero attached hydrogens (tertiary/aromatic N) is 3. The lowest BCUT2D eigenvalue weighted by Gasteiger charge is -2.34. The Balaban J connectivity index is 0.00000267. The van der Waals surface area contributed by atoms with Gasteiger partial charge in [0.05, 0.1) is 18.8 Å². The molecule has 4 aromatic rings. The van der Waals surface area contributed by atoms with Crippen molar-refractivity contribution in [1.82, 2.24) is 19.0 Å². The third kappa shape index (κ3) is 6.20. The summed E-state index contributed by atoms with van der Waals surface area (Å²) < 4.78 is 30.0. The monoisotopic (exact) mass is 527 g/mol. The first-order valence-corrected chi connectivity index (χ1v) is 13.0. The van der Waals surface area contributed by atoms with Crippen LogP contribution in [0, 0.1) is 0 Å². The molecule has 0 aliphatic heterocycles. The van der Waals surface area contributed by atoms with Gasteiger partial charge in [0.25, 0.3) is 0 Å². The summed E-state index contributed by atoms with van der Waals surface area (Å²) in [6, 6.07) is 18.1. The number of aromatic nitrogens is 2. The number of fused-ring (bicyclic) bond motifs is 1. The maximum atomic E-state index is 13.4. The van der Waals surface area contributed by atoms with Crippen LogP contribution in [0.1, 0.15) is 14.8 Å². The molecular weight excluding hydrogens is 494 g/mol. The van der Waals surface area contributed by atoms with Crippen molar-refractivity contribution >= 4 is 39.5 Å². The highest BCUT2D eigenvalue weighted by molar-refractivity contribution is 8.21. The van der Waals surface area contributed by atoms with Gasteiger partial charge in [-0.05, 0) is 65.8 Å². The first kappa shape index (κ1) is 26.0. The van der Waals surface area contributed by atoms with Crippen LogP contribution in [0.5, 0.6) is 5.75 Å². The Morgan fingerprint density at radius 3 is 2.54 bits per heavy atom. The van der Waals surface area contributed by atoms with Crippen molar-refractivity contribution in [3.63, 3.8) is 0 Å². The largest absolute Gasteiger partial charge is 0.497 e. The molecule has 0 aliphatic rings. The van der Waals surface area contributed by atoms with Crippen LogP contribution in [-0.4, -0.2) is 50.2 Å². The van der Waals surface area contributed by atoms with E-state index in [9.17, 15) is 18.7 Å². The Kier molecular flexibility index (Phi) is 7.97. The highest BCUT2D eigenvalue weighted by Crippen LogP contribution is 2.39. The van der Waals surface area contributed by atoms with E-state index in [1.54, 1.807) is 56.8 Å². The number of methoxy groups -OCH3 is 1. The number of rotatable bonds is 9. The molecule has 0 unspecified atom stereocenters. The number of carbonyl (C=O) groups is 2. The second-order valence-corrected chi connectivity index (χ2v) is 9.98. The normalized spacial score (nSPS) is 12.5. The Labute approximate surface area is 219 Å². The van der Waals surface area contributed by atoms with E-state index in [1.807, 2.05) is 30.3 Å². The van der Waals surface area contributed by atoms with Gasteiger partial charge in [-0.15, -0.1) is 0 Å². The van der Waals surface area contributed by atoms with E-state index in [-0.39, 0.29) is 8.76 Å². The van der Waals surface area contributed by atoms with E-state index in [1.165, 1.54) is 17.3 Å². The van der Waals surface area contributed by atoms with Crippen LogP contribution in [-0.2, 0) is 11.2 Å². The van der Waals surface area contributed by atoms with Gasteiger partial charge in [-0.3, -0.25) is 18.9 Å². The Hall–Kier alpha value is -4.06. The topological polar surface area (TPSA) is 129 Å². The fourth-order valence-electron chi connectivity index (χ4n) is 3.91. The van der Waals surface area contributed by atoms with Gasteiger partial charge >= 0.3 is 6.03 Å². The first-order valence-electron chi connectivity index (χ1n) is 11.5. The number of hydrogen-bond donors (Lipinski definition) is 4. The lowest BCUT2D eigenvalue weighted by atomic mass is 10.0. The Morgan fingerprint density at radius 1 is 1.11 bits per heavy atom. The zero-order valence-electron chi connectivity index (χ0n) is 20.4. The van der Waals surface area contributed by atoms with Gasteiger partial charge in [-0.2, -0.15) is 0 Å². The predicted molar refractivity (Wildman–Crippen MR) is 149 cm³/mol. The van der Waals surface area contributed by atoms with Crippen LogP contribution in [0.15, 0.2) is 85.3 Å². The number of anilines is 1. The van der Waals surface area contributed by atoms with Gasteiger partial charge in [-0.25, -0.2) is 13.5 Å². The number of pyridine rings is 1. The average molecular weight is 528 g/mol. The average Bonchev–Trinajstić information content (AvgIpc) is 3.36. The van der Waals surface area contributed by atoms with Gasteiger partial charge in [0.2, 0.25) is 5.91 Å². The van der Waals surface area contributed by atoms with E-state index < -0.39 is 23.0 Å². The zero-order chi connectivity index (χ0) is 26.4. The Morgan fingerprint density at radius 2 is 1.84 bits per heavy atom. The van der Waals surface area contributed by atoms with Gasteiger partial charge in [0.1, 0.15) is 11.8 Å². The first-order chi connectivity index (χ1) is 17.8. The van der Waals surface area contributed by atoms with E-state index in [0.717, 1.165) is 14.9 Å². The standard InChI is InChI=1S/C26H29N5O5S.2H2/c1-30(21-9-11-22(36-2)12-10-21)25(32)23(13-8-19-6-4-3-5-7-19)28-26(33)29-37(34,35)31-17-15-20-14-16-27-18-24(20)31;;/h3-7,9-12,14-18,23,34-35H,8,13H2,1-2H3,(H2,28,29,33);2*1H/t23-;;/m0../s1. The number of hydrogen-bond acceptors (Lipinski definition) is 6. The van der Waals surface area contributed by atoms with Crippen molar-refractivity contribution < 1.29 is 26.3 Å². The van der Waals surface area contributed by atoms with Crippen molar-refractivity contribution in [2.24, 2.45) is 0 Å². The molecule has 10 nitrogen and oxygen atoms in total. The van der Waals surface area contributed by atoms with Crippen LogP contribution < -0.4 is 19.7 Å². The van der Waals surface area contributed by atoms with Gasteiger partial charge in [0.15, 0.2) is 0 Å². The highest BCUT2D eigenvalue weighted by Gasteiger charge is 2.27. The number of benzene rings is 2. The van der Waals surface area contributed by atoms with E-state index in [2.05, 4.69) is 15.0 Å². The van der Waals surface area contributed by atoms with E-state index in [0.29, 0.717) is 29.8 Å². The molecular formula is C26H33N5O5S. The second kappa shape index (κ2) is 11.3. The minimum atomic E-state index is -3.79. The maximum absolute atomic E-state index is 13.4. The molecule has 0 fully saturated rings. The smallest absolute Gasteiger partial charge is 0.335 e. The van der Waals surface area contributed by atoms with Crippen LogP contribution in [0.3, 0.4) is 0 Å². The number of nitrogens with one attached hydrogen (secondary N) is 2. The lowest BCUT2D eigenvalue weighted by molar-refractivity contribution is -0.120. The van der Waals surface area contributed by atoms with Crippen molar-refractivity contribution in [1.29, 1.82) is 0 Å². The van der Waals surface area contributed by atoms with Gasteiger partial charge < -0.3 is 15.0 Å². The van der Waals surface area contributed by atoms with Crippen LogP contribution in [0.25, 0.3) is 10.9 Å². The molecule has 11 heteroatoms. The van der Waals surface area contributed by atoms with Crippen LogP contribution >= 0.6 is 11.0 Å². The third-order valence-corrected chi connectivity index (χ3v) is 7.25. The number of likely N-dealkylation sites (N-methyl/N-ethyl adjacent to an activating group) is 1. The quantitative estimate of drug-likeness (QED) is 0.244. The second-order valence-electron chi connectivity index (χ2n) is 8.34. The molecule has 0 spiro atoms. The number of urea groups is 1. The summed E-state index contributed by atoms with van der Waals surface area (Å²) in [6.07, 6.45) is 5.34. The summed E-state index contributed by atoms with van der Waals surface area (Å²) in [7, 11) is -0.610.